The van der Waals surface area contributed by atoms with Gasteiger partial charge >= 0.3 is 0 Å². The molecule has 214 valence electrons. The molecular formula is C35H41N3O2S. The molecule has 3 aromatic rings. The summed E-state index contributed by atoms with van der Waals surface area (Å²) in [5.41, 5.74) is 6.44. The molecule has 1 aliphatic carbocycles. The van der Waals surface area contributed by atoms with Crippen molar-refractivity contribution in [3.05, 3.63) is 106 Å². The van der Waals surface area contributed by atoms with Crippen molar-refractivity contribution in [2.75, 3.05) is 25.0 Å². The molecule has 5 rings (SSSR count). The Bertz CT molecular complexity index is 1390. The molecule has 0 aromatic heterocycles. The molecular weight excluding hydrogens is 526 g/mol. The second-order valence-electron chi connectivity index (χ2n) is 11.4. The number of fused-ring (bicyclic) bond motifs is 1. The van der Waals surface area contributed by atoms with Crippen LogP contribution in [-0.4, -0.2) is 48.1 Å². The smallest absolute Gasteiger partial charge is 0.260 e. The fraction of sp³-hybridized carbons (Fsp3) is 0.371. The number of hydrogen-bond donors (Lipinski definition) is 1. The van der Waals surface area contributed by atoms with Gasteiger partial charge in [0.05, 0.1) is 4.91 Å². The number of para-hydroxylation sites is 1. The van der Waals surface area contributed by atoms with Gasteiger partial charge < -0.3 is 15.1 Å². The van der Waals surface area contributed by atoms with E-state index in [4.69, 9.17) is 0 Å². The first-order valence-electron chi connectivity index (χ1n) is 14.8. The Morgan fingerprint density at radius 2 is 1.78 bits per heavy atom. The van der Waals surface area contributed by atoms with Crippen molar-refractivity contribution in [1.29, 1.82) is 0 Å². The molecule has 0 bridgehead atoms. The summed E-state index contributed by atoms with van der Waals surface area (Å²) in [6.45, 7) is 6.39. The van der Waals surface area contributed by atoms with Crippen LogP contribution >= 0.6 is 11.8 Å². The number of thioether (sulfide) groups is 1. The number of anilines is 1. The Balaban J connectivity index is 1.22. The molecule has 2 atom stereocenters. The van der Waals surface area contributed by atoms with Crippen LogP contribution in [0, 0.1) is 13.8 Å². The zero-order valence-corrected chi connectivity index (χ0v) is 25.3. The third-order valence-corrected chi connectivity index (χ3v) is 9.69. The molecule has 1 saturated heterocycles. The van der Waals surface area contributed by atoms with Gasteiger partial charge in [-0.1, -0.05) is 66.9 Å². The maximum atomic E-state index is 13.8. The van der Waals surface area contributed by atoms with Crippen LogP contribution in [0.1, 0.15) is 64.7 Å². The van der Waals surface area contributed by atoms with E-state index in [2.05, 4.69) is 66.3 Å². The van der Waals surface area contributed by atoms with Gasteiger partial charge in [0, 0.05) is 49.2 Å². The van der Waals surface area contributed by atoms with Crippen LogP contribution in [0.4, 0.5) is 5.69 Å². The maximum absolute atomic E-state index is 13.8. The van der Waals surface area contributed by atoms with Crippen LogP contribution in [0.25, 0.3) is 6.08 Å². The van der Waals surface area contributed by atoms with Crippen molar-refractivity contribution in [2.45, 2.75) is 63.8 Å². The van der Waals surface area contributed by atoms with Crippen molar-refractivity contribution in [3.63, 3.8) is 0 Å². The summed E-state index contributed by atoms with van der Waals surface area (Å²) in [4.78, 5) is 31.7. The molecule has 0 spiro atoms. The molecule has 2 fully saturated rings. The number of carbonyl (C=O) groups is 2. The number of nitrogens with one attached hydrogen (secondary N) is 1. The standard InChI is InChI=1S/C35H41N3O2S/c1-25-14-15-26(2)29(22-25)24-38-31-12-7-8-13-32(31)41-33(35(38)40)23-27-16-18-28(19-17-27)34(39)36-20-9-21-37(3)30-10-5-4-6-11-30/h4-6,10-11,14-19,22-23,31-32H,7-9,12-13,20-21,24H2,1-3H3,(H,36,39)/b33-23-. The average molecular weight is 568 g/mol. The minimum atomic E-state index is -0.0700. The molecule has 41 heavy (non-hydrogen) atoms. The van der Waals surface area contributed by atoms with Gasteiger partial charge in [-0.15, -0.1) is 11.8 Å². The highest BCUT2D eigenvalue weighted by atomic mass is 32.2. The van der Waals surface area contributed by atoms with E-state index in [1.54, 1.807) is 11.8 Å². The van der Waals surface area contributed by atoms with Crippen molar-refractivity contribution in [1.82, 2.24) is 10.2 Å². The van der Waals surface area contributed by atoms with Crippen LogP contribution in [0.2, 0.25) is 0 Å². The number of aryl methyl sites for hydroxylation is 2. The monoisotopic (exact) mass is 567 g/mol. The van der Waals surface area contributed by atoms with Gasteiger partial charge in [-0.25, -0.2) is 0 Å². The fourth-order valence-corrected chi connectivity index (χ4v) is 7.30. The summed E-state index contributed by atoms with van der Waals surface area (Å²) in [7, 11) is 2.07. The number of amides is 2. The van der Waals surface area contributed by atoms with E-state index in [0.29, 0.717) is 23.9 Å². The molecule has 1 aliphatic heterocycles. The predicted molar refractivity (Wildman–Crippen MR) is 171 cm³/mol. The molecule has 1 heterocycles. The first-order valence-corrected chi connectivity index (χ1v) is 15.7. The van der Waals surface area contributed by atoms with Crippen LogP contribution in [0.15, 0.2) is 77.7 Å². The third kappa shape index (κ3) is 7.23. The topological polar surface area (TPSA) is 52.7 Å². The van der Waals surface area contributed by atoms with E-state index in [1.807, 2.05) is 48.5 Å². The zero-order chi connectivity index (χ0) is 28.8. The van der Waals surface area contributed by atoms with Crippen molar-refractivity contribution >= 4 is 35.3 Å². The quantitative estimate of drug-likeness (QED) is 0.224. The van der Waals surface area contributed by atoms with Crippen molar-refractivity contribution < 1.29 is 9.59 Å². The lowest BCUT2D eigenvalue weighted by Gasteiger charge is -2.44. The van der Waals surface area contributed by atoms with Crippen LogP contribution in [0.3, 0.4) is 0 Å². The molecule has 2 amide bonds. The van der Waals surface area contributed by atoms with E-state index in [-0.39, 0.29) is 17.9 Å². The van der Waals surface area contributed by atoms with Gasteiger partial charge in [0.15, 0.2) is 0 Å². The lowest BCUT2D eigenvalue weighted by Crippen LogP contribution is -2.50. The lowest BCUT2D eigenvalue weighted by atomic mass is 9.92. The Morgan fingerprint density at radius 1 is 1.02 bits per heavy atom. The Labute approximate surface area is 249 Å². The second kappa shape index (κ2) is 13.4. The Hall–Kier alpha value is -3.51. The minimum Gasteiger partial charge on any atom is -0.375 e. The highest BCUT2D eigenvalue weighted by Crippen LogP contribution is 2.43. The van der Waals surface area contributed by atoms with E-state index in [0.717, 1.165) is 36.3 Å². The van der Waals surface area contributed by atoms with E-state index >= 15 is 0 Å². The summed E-state index contributed by atoms with van der Waals surface area (Å²) >= 11 is 1.75. The van der Waals surface area contributed by atoms with E-state index in [1.165, 1.54) is 35.2 Å². The van der Waals surface area contributed by atoms with E-state index < -0.39 is 0 Å². The van der Waals surface area contributed by atoms with Crippen molar-refractivity contribution in [2.24, 2.45) is 0 Å². The minimum absolute atomic E-state index is 0.0700. The van der Waals surface area contributed by atoms with Gasteiger partial charge in [0.1, 0.15) is 0 Å². The summed E-state index contributed by atoms with van der Waals surface area (Å²) in [5, 5.41) is 3.47. The zero-order valence-electron chi connectivity index (χ0n) is 24.4. The first kappa shape index (κ1) is 29.0. The largest absolute Gasteiger partial charge is 0.375 e. The van der Waals surface area contributed by atoms with Gasteiger partial charge in [-0.2, -0.15) is 0 Å². The number of nitrogens with zero attached hydrogens (tertiary/aromatic N) is 2. The number of rotatable bonds is 9. The van der Waals surface area contributed by atoms with Crippen LogP contribution in [-0.2, 0) is 11.3 Å². The van der Waals surface area contributed by atoms with E-state index in [9.17, 15) is 9.59 Å². The summed E-state index contributed by atoms with van der Waals surface area (Å²) in [6, 6.07) is 24.7. The summed E-state index contributed by atoms with van der Waals surface area (Å²) < 4.78 is 0. The molecule has 0 radical (unpaired) electrons. The second-order valence-corrected chi connectivity index (χ2v) is 12.6. The Kier molecular flexibility index (Phi) is 9.50. The fourth-order valence-electron chi connectivity index (χ4n) is 5.83. The molecule has 1 N–H and O–H groups in total. The lowest BCUT2D eigenvalue weighted by molar-refractivity contribution is -0.130. The molecule has 2 unspecified atom stereocenters. The molecule has 2 aliphatic rings. The van der Waals surface area contributed by atoms with Gasteiger partial charge in [0.25, 0.3) is 11.8 Å². The van der Waals surface area contributed by atoms with Gasteiger partial charge in [-0.05, 0) is 80.1 Å². The highest BCUT2D eigenvalue weighted by molar-refractivity contribution is 8.04. The van der Waals surface area contributed by atoms with Gasteiger partial charge in [-0.3, -0.25) is 9.59 Å². The number of benzene rings is 3. The predicted octanol–water partition coefficient (Wildman–Crippen LogP) is 6.99. The molecule has 1 saturated carbocycles. The molecule has 3 aromatic carbocycles. The Morgan fingerprint density at radius 3 is 2.56 bits per heavy atom. The van der Waals surface area contributed by atoms with Gasteiger partial charge in [0.2, 0.25) is 0 Å². The van der Waals surface area contributed by atoms with Crippen LogP contribution in [0.5, 0.6) is 0 Å². The number of hydrogen-bond acceptors (Lipinski definition) is 4. The first-order chi connectivity index (χ1) is 19.9. The third-order valence-electron chi connectivity index (χ3n) is 8.29. The van der Waals surface area contributed by atoms with Crippen LogP contribution < -0.4 is 10.2 Å². The average Bonchev–Trinajstić information content (AvgIpc) is 2.99. The molecule has 6 heteroatoms. The number of carbonyl (C=O) groups excluding carboxylic acids is 2. The highest BCUT2D eigenvalue weighted by Gasteiger charge is 2.40. The van der Waals surface area contributed by atoms with Crippen molar-refractivity contribution in [3.8, 4) is 0 Å². The SMILES string of the molecule is Cc1ccc(C)c(CN2C(=O)/C(=C/c3ccc(C(=O)NCCCN(C)c4ccccc4)cc3)SC3CCCCC32)c1. The summed E-state index contributed by atoms with van der Waals surface area (Å²) in [6.07, 6.45) is 7.50. The normalized spacial score (nSPS) is 19.6. The molecule has 5 nitrogen and oxygen atoms in total. The summed E-state index contributed by atoms with van der Waals surface area (Å²) in [5.74, 6) is 0.0563. The maximum Gasteiger partial charge on any atom is 0.260 e.